The topological polar surface area (TPSA) is 42.9 Å². The van der Waals surface area contributed by atoms with E-state index in [1.165, 1.54) is 0 Å². The molecule has 0 N–H and O–H groups in total. The molecule has 4 heteroatoms. The van der Waals surface area contributed by atoms with E-state index in [0.717, 1.165) is 18.7 Å². The van der Waals surface area contributed by atoms with Crippen molar-refractivity contribution in [2.24, 2.45) is 5.92 Å². The fraction of sp³-hybridized carbons (Fsp3) is 0.545. The van der Waals surface area contributed by atoms with Crippen LogP contribution in [0.1, 0.15) is 31.5 Å². The molecule has 2 unspecified atom stereocenters. The number of nitrogens with zero attached hydrogens (tertiary/aromatic N) is 2. The Morgan fingerprint density at radius 1 is 1.40 bits per heavy atom. The normalized spacial score (nSPS) is 33.7. The van der Waals surface area contributed by atoms with Crippen molar-refractivity contribution < 1.29 is 4.79 Å². The average molecular weight is 223 g/mol. The summed E-state index contributed by atoms with van der Waals surface area (Å²) in [6.45, 7) is 0. The zero-order valence-corrected chi connectivity index (χ0v) is 9.00. The highest BCUT2D eigenvalue weighted by Crippen LogP contribution is 2.60. The highest BCUT2D eigenvalue weighted by molar-refractivity contribution is 6.30. The molecular weight excluding hydrogens is 212 g/mol. The van der Waals surface area contributed by atoms with Gasteiger partial charge in [0.1, 0.15) is 11.6 Å². The van der Waals surface area contributed by atoms with Gasteiger partial charge in [0, 0.05) is 30.7 Å². The molecule has 1 aromatic rings. The van der Waals surface area contributed by atoms with Crippen molar-refractivity contribution >= 4 is 17.4 Å². The van der Waals surface area contributed by atoms with Gasteiger partial charge in [-0.3, -0.25) is 4.79 Å². The second kappa shape index (κ2) is 3.01. The van der Waals surface area contributed by atoms with E-state index >= 15 is 0 Å². The molecule has 2 aliphatic rings. The van der Waals surface area contributed by atoms with Gasteiger partial charge >= 0.3 is 0 Å². The third-order valence-corrected chi connectivity index (χ3v) is 3.82. The minimum absolute atomic E-state index is 0.110. The lowest BCUT2D eigenvalue weighted by molar-refractivity contribution is -0.120. The molecule has 78 valence electrons. The van der Waals surface area contributed by atoms with Crippen LogP contribution in [0.5, 0.6) is 0 Å². The van der Waals surface area contributed by atoms with Gasteiger partial charge in [0.15, 0.2) is 0 Å². The van der Waals surface area contributed by atoms with E-state index in [4.69, 9.17) is 11.6 Å². The van der Waals surface area contributed by atoms with Crippen LogP contribution in [0.3, 0.4) is 0 Å². The predicted octanol–water partition coefficient (Wildman–Crippen LogP) is 2.14. The van der Waals surface area contributed by atoms with E-state index in [0.29, 0.717) is 29.6 Å². The summed E-state index contributed by atoms with van der Waals surface area (Å²) in [5, 5.41) is 0.569. The Bertz CT molecular complexity index is 417. The summed E-state index contributed by atoms with van der Waals surface area (Å²) in [6, 6.07) is 0. The van der Waals surface area contributed by atoms with Crippen LogP contribution in [0.2, 0.25) is 5.02 Å². The zero-order chi connectivity index (χ0) is 10.5. The summed E-state index contributed by atoms with van der Waals surface area (Å²) in [4.78, 5) is 19.8. The Hall–Kier alpha value is -0.960. The van der Waals surface area contributed by atoms with E-state index in [-0.39, 0.29) is 5.41 Å². The van der Waals surface area contributed by atoms with Crippen molar-refractivity contribution in [3.8, 4) is 0 Å². The van der Waals surface area contributed by atoms with Gasteiger partial charge in [0.25, 0.3) is 0 Å². The molecule has 0 spiro atoms. The first-order valence-corrected chi connectivity index (χ1v) is 5.58. The molecular formula is C11H11ClN2O. The van der Waals surface area contributed by atoms with Gasteiger partial charge in [-0.05, 0) is 18.8 Å². The molecule has 0 amide bonds. The van der Waals surface area contributed by atoms with Gasteiger partial charge in [0.2, 0.25) is 0 Å². The average Bonchev–Trinajstić information content (AvgIpc) is 2.93. The van der Waals surface area contributed by atoms with Gasteiger partial charge in [-0.1, -0.05) is 11.6 Å². The number of Topliss-reactive ketones (excluding diaryl/α,β-unsaturated/α-hetero) is 1. The van der Waals surface area contributed by atoms with Crippen molar-refractivity contribution in [1.29, 1.82) is 0 Å². The summed E-state index contributed by atoms with van der Waals surface area (Å²) in [5.74, 6) is 1.76. The Morgan fingerprint density at radius 3 is 2.80 bits per heavy atom. The van der Waals surface area contributed by atoms with Gasteiger partial charge < -0.3 is 0 Å². The van der Waals surface area contributed by atoms with Crippen molar-refractivity contribution in [1.82, 2.24) is 9.97 Å². The molecule has 3 nitrogen and oxygen atoms in total. The van der Waals surface area contributed by atoms with Crippen LogP contribution >= 0.6 is 11.6 Å². The number of carbonyl (C=O) groups excluding carboxylic acids is 1. The van der Waals surface area contributed by atoms with Gasteiger partial charge in [-0.15, -0.1) is 0 Å². The number of hydrogen-bond acceptors (Lipinski definition) is 3. The first-order valence-electron chi connectivity index (χ1n) is 5.20. The van der Waals surface area contributed by atoms with E-state index in [1.54, 1.807) is 12.4 Å². The predicted molar refractivity (Wildman–Crippen MR) is 55.7 cm³/mol. The standard InChI is InChI=1S/C11H11ClN2O/c12-8-5-13-10(14-6-8)11-2-1-9(15)3-7(11)4-11/h5-7H,1-4H2. The van der Waals surface area contributed by atoms with E-state index in [1.807, 2.05) is 0 Å². The lowest BCUT2D eigenvalue weighted by atomic mass is 9.87. The van der Waals surface area contributed by atoms with Crippen LogP contribution < -0.4 is 0 Å². The first-order chi connectivity index (χ1) is 7.21. The molecule has 1 aromatic heterocycles. The SMILES string of the molecule is O=C1CCC2(c3ncc(Cl)cn3)CC2C1. The van der Waals surface area contributed by atoms with Gasteiger partial charge in [0.05, 0.1) is 5.02 Å². The van der Waals surface area contributed by atoms with Gasteiger partial charge in [-0.25, -0.2) is 9.97 Å². The Morgan fingerprint density at radius 2 is 2.13 bits per heavy atom. The fourth-order valence-corrected chi connectivity index (χ4v) is 2.75. The molecule has 2 aliphatic carbocycles. The first kappa shape index (κ1) is 9.28. The van der Waals surface area contributed by atoms with Crippen LogP contribution in [-0.4, -0.2) is 15.8 Å². The second-order valence-electron chi connectivity index (χ2n) is 4.52. The molecule has 2 saturated carbocycles. The minimum atomic E-state index is 0.110. The quantitative estimate of drug-likeness (QED) is 0.731. The highest BCUT2D eigenvalue weighted by atomic mass is 35.5. The monoisotopic (exact) mass is 222 g/mol. The largest absolute Gasteiger partial charge is 0.300 e. The summed E-state index contributed by atoms with van der Waals surface area (Å²) >= 11 is 5.75. The molecule has 0 bridgehead atoms. The van der Waals surface area contributed by atoms with Gasteiger partial charge in [-0.2, -0.15) is 0 Å². The number of rotatable bonds is 1. The summed E-state index contributed by atoms with van der Waals surface area (Å²) in [7, 11) is 0. The summed E-state index contributed by atoms with van der Waals surface area (Å²) in [5.41, 5.74) is 0.110. The molecule has 0 saturated heterocycles. The van der Waals surface area contributed by atoms with Crippen LogP contribution in [0.25, 0.3) is 0 Å². The third kappa shape index (κ3) is 1.37. The third-order valence-electron chi connectivity index (χ3n) is 3.62. The molecule has 1 heterocycles. The molecule has 2 atom stereocenters. The summed E-state index contributed by atoms with van der Waals surface area (Å²) in [6.07, 6.45) is 6.67. The number of carbonyl (C=O) groups is 1. The van der Waals surface area contributed by atoms with Crippen molar-refractivity contribution in [3.63, 3.8) is 0 Å². The Kier molecular flexibility index (Phi) is 1.87. The lowest BCUT2D eigenvalue weighted by Crippen LogP contribution is -2.21. The van der Waals surface area contributed by atoms with Crippen molar-refractivity contribution in [2.75, 3.05) is 0 Å². The second-order valence-corrected chi connectivity index (χ2v) is 4.96. The maximum atomic E-state index is 11.3. The van der Waals surface area contributed by atoms with E-state index in [2.05, 4.69) is 9.97 Å². The fourth-order valence-electron chi connectivity index (χ4n) is 2.65. The number of fused-ring (bicyclic) bond motifs is 1. The Balaban J connectivity index is 1.90. The number of ketones is 1. The van der Waals surface area contributed by atoms with Crippen LogP contribution in [-0.2, 0) is 10.2 Å². The Labute approximate surface area is 92.9 Å². The van der Waals surface area contributed by atoms with E-state index < -0.39 is 0 Å². The van der Waals surface area contributed by atoms with Crippen molar-refractivity contribution in [2.45, 2.75) is 31.1 Å². The smallest absolute Gasteiger partial charge is 0.134 e. The minimum Gasteiger partial charge on any atom is -0.300 e. The molecule has 0 radical (unpaired) electrons. The highest BCUT2D eigenvalue weighted by Gasteiger charge is 2.59. The van der Waals surface area contributed by atoms with Crippen molar-refractivity contribution in [3.05, 3.63) is 23.2 Å². The molecule has 3 rings (SSSR count). The molecule has 0 aromatic carbocycles. The van der Waals surface area contributed by atoms with Crippen LogP contribution in [0.15, 0.2) is 12.4 Å². The van der Waals surface area contributed by atoms with E-state index in [9.17, 15) is 4.79 Å². The van der Waals surface area contributed by atoms with Crippen LogP contribution in [0.4, 0.5) is 0 Å². The zero-order valence-electron chi connectivity index (χ0n) is 8.24. The summed E-state index contributed by atoms with van der Waals surface area (Å²) < 4.78 is 0. The number of hydrogen-bond donors (Lipinski definition) is 0. The lowest BCUT2D eigenvalue weighted by Gasteiger charge is -2.19. The molecule has 2 fully saturated rings. The molecule has 0 aliphatic heterocycles. The maximum absolute atomic E-state index is 11.3. The number of halogens is 1. The number of aromatic nitrogens is 2. The van der Waals surface area contributed by atoms with Crippen LogP contribution in [0, 0.1) is 5.92 Å². The molecule has 15 heavy (non-hydrogen) atoms. The maximum Gasteiger partial charge on any atom is 0.134 e.